The molecule has 0 aliphatic carbocycles. The lowest BCUT2D eigenvalue weighted by Crippen LogP contribution is -2.44. The quantitative estimate of drug-likeness (QED) is 0.238. The van der Waals surface area contributed by atoms with Gasteiger partial charge in [-0.15, -0.1) is 0 Å². The Morgan fingerprint density at radius 1 is 1.33 bits per heavy atom. The number of nitrogens with one attached hydrogen (secondary N) is 1. The van der Waals surface area contributed by atoms with E-state index in [1.165, 1.54) is 12.4 Å². The van der Waals surface area contributed by atoms with Crippen molar-refractivity contribution in [3.63, 3.8) is 0 Å². The highest BCUT2D eigenvalue weighted by atomic mass is 16.5. The van der Waals surface area contributed by atoms with Gasteiger partial charge in [0.15, 0.2) is 5.96 Å². The number of nitrogens with zero attached hydrogens (tertiary/aromatic N) is 3. The minimum atomic E-state index is -0.846. The van der Waals surface area contributed by atoms with E-state index in [4.69, 9.17) is 21.9 Å². The highest BCUT2D eigenvalue weighted by Crippen LogP contribution is 2.08. The van der Waals surface area contributed by atoms with Crippen LogP contribution in [0.5, 0.6) is 5.88 Å². The minimum absolute atomic E-state index is 0.0322. The fourth-order valence-corrected chi connectivity index (χ4v) is 1.77. The summed E-state index contributed by atoms with van der Waals surface area (Å²) in [7, 11) is 0. The van der Waals surface area contributed by atoms with Gasteiger partial charge >= 0.3 is 0 Å². The predicted octanol–water partition coefficient (Wildman–Crippen LogP) is -1.10. The van der Waals surface area contributed by atoms with Crippen LogP contribution in [0.2, 0.25) is 0 Å². The van der Waals surface area contributed by atoms with Gasteiger partial charge in [-0.3, -0.25) is 14.6 Å². The molecule has 10 nitrogen and oxygen atoms in total. The van der Waals surface area contributed by atoms with Crippen molar-refractivity contribution in [1.82, 2.24) is 15.3 Å². The summed E-state index contributed by atoms with van der Waals surface area (Å²) >= 11 is 0. The van der Waals surface area contributed by atoms with E-state index >= 15 is 0 Å². The zero-order valence-electron chi connectivity index (χ0n) is 13.6. The van der Waals surface area contributed by atoms with Crippen molar-refractivity contribution in [2.75, 3.05) is 13.2 Å². The number of carbonyl (C=O) groups excluding carboxylic acids is 2. The first-order chi connectivity index (χ1) is 11.4. The van der Waals surface area contributed by atoms with E-state index < -0.39 is 17.9 Å². The number of aromatic nitrogens is 2. The second-order valence-electron chi connectivity index (χ2n) is 4.97. The largest absolute Gasteiger partial charge is 0.478 e. The molecule has 10 heteroatoms. The Hall–Kier alpha value is -2.91. The Kier molecular flexibility index (Phi) is 7.96. The fraction of sp³-hybridized carbons (Fsp3) is 0.500. The number of ether oxygens (including phenoxy) is 1. The first-order valence-corrected chi connectivity index (χ1v) is 7.54. The Labute approximate surface area is 139 Å². The minimum Gasteiger partial charge on any atom is -0.478 e. The van der Waals surface area contributed by atoms with E-state index in [-0.39, 0.29) is 11.7 Å². The van der Waals surface area contributed by atoms with Crippen molar-refractivity contribution in [3.8, 4) is 5.88 Å². The van der Waals surface area contributed by atoms with Crippen LogP contribution < -0.4 is 27.3 Å². The van der Waals surface area contributed by atoms with Crippen LogP contribution in [-0.4, -0.2) is 46.9 Å². The van der Waals surface area contributed by atoms with Crippen molar-refractivity contribution in [1.29, 1.82) is 0 Å². The summed E-state index contributed by atoms with van der Waals surface area (Å²) in [6.07, 6.45) is 2.82. The van der Waals surface area contributed by atoms with E-state index in [0.29, 0.717) is 31.9 Å². The number of rotatable bonds is 10. The molecule has 2 amide bonds. The molecule has 132 valence electrons. The van der Waals surface area contributed by atoms with Crippen LogP contribution in [0.3, 0.4) is 0 Å². The molecule has 0 spiro atoms. The number of hydrogen-bond acceptors (Lipinski definition) is 6. The first kappa shape index (κ1) is 19.1. The molecular formula is C14H23N7O3. The summed E-state index contributed by atoms with van der Waals surface area (Å²) in [5.74, 6) is -0.926. The fourth-order valence-electron chi connectivity index (χ4n) is 1.77. The lowest BCUT2D eigenvalue weighted by Gasteiger charge is -2.14. The normalized spacial score (nSPS) is 11.4. The van der Waals surface area contributed by atoms with Crippen molar-refractivity contribution in [2.45, 2.75) is 32.2 Å². The molecule has 1 heterocycles. The third-order valence-corrected chi connectivity index (χ3v) is 2.92. The zero-order valence-corrected chi connectivity index (χ0v) is 13.6. The number of amides is 2. The molecular weight excluding hydrogens is 314 g/mol. The monoisotopic (exact) mass is 337 g/mol. The van der Waals surface area contributed by atoms with Gasteiger partial charge < -0.3 is 27.3 Å². The number of carbonyl (C=O) groups is 2. The van der Waals surface area contributed by atoms with Crippen LogP contribution in [0, 0.1) is 0 Å². The number of guanidine groups is 1. The first-order valence-electron chi connectivity index (χ1n) is 7.54. The van der Waals surface area contributed by atoms with Crippen LogP contribution in [0.25, 0.3) is 0 Å². The van der Waals surface area contributed by atoms with Gasteiger partial charge in [-0.05, 0) is 19.3 Å². The van der Waals surface area contributed by atoms with Crippen LogP contribution in [-0.2, 0) is 4.79 Å². The highest BCUT2D eigenvalue weighted by Gasteiger charge is 2.19. The van der Waals surface area contributed by atoms with Gasteiger partial charge in [-0.1, -0.05) is 6.92 Å². The average Bonchev–Trinajstić information content (AvgIpc) is 2.55. The van der Waals surface area contributed by atoms with Crippen molar-refractivity contribution in [3.05, 3.63) is 18.1 Å². The van der Waals surface area contributed by atoms with Gasteiger partial charge in [0.2, 0.25) is 11.8 Å². The molecule has 0 aliphatic rings. The van der Waals surface area contributed by atoms with E-state index in [2.05, 4.69) is 20.3 Å². The number of nitrogens with two attached hydrogens (primary N) is 3. The van der Waals surface area contributed by atoms with Crippen LogP contribution in [0.4, 0.5) is 0 Å². The number of aliphatic imine (C=N–C) groups is 1. The Morgan fingerprint density at radius 3 is 2.71 bits per heavy atom. The van der Waals surface area contributed by atoms with Crippen LogP contribution in [0.15, 0.2) is 17.4 Å². The van der Waals surface area contributed by atoms with Crippen LogP contribution in [0.1, 0.15) is 36.7 Å². The maximum Gasteiger partial charge on any atom is 0.270 e. The third kappa shape index (κ3) is 6.90. The molecule has 0 saturated carbocycles. The zero-order chi connectivity index (χ0) is 17.9. The Bertz CT molecular complexity index is 587. The second-order valence-corrected chi connectivity index (χ2v) is 4.97. The lowest BCUT2D eigenvalue weighted by atomic mass is 10.1. The molecule has 7 N–H and O–H groups in total. The SMILES string of the molecule is CCCOc1cc(C(=O)NC(CCCN=C(N)N)C(N)=O)ncn1. The smallest absolute Gasteiger partial charge is 0.270 e. The van der Waals surface area contributed by atoms with Crippen LogP contribution >= 0.6 is 0 Å². The van der Waals surface area contributed by atoms with Crippen molar-refractivity contribution >= 4 is 17.8 Å². The molecule has 24 heavy (non-hydrogen) atoms. The maximum absolute atomic E-state index is 12.2. The van der Waals surface area contributed by atoms with Gasteiger partial charge in [-0.25, -0.2) is 9.97 Å². The number of primary amides is 1. The van der Waals surface area contributed by atoms with E-state index in [1.54, 1.807) is 0 Å². The predicted molar refractivity (Wildman–Crippen MR) is 88.2 cm³/mol. The van der Waals surface area contributed by atoms with Gasteiger partial charge in [0.05, 0.1) is 6.61 Å². The summed E-state index contributed by atoms with van der Waals surface area (Å²) in [6.45, 7) is 2.77. The van der Waals surface area contributed by atoms with Gasteiger partial charge in [0, 0.05) is 12.6 Å². The summed E-state index contributed by atoms with van der Waals surface area (Å²) in [5, 5.41) is 2.53. The molecule has 1 aromatic rings. The maximum atomic E-state index is 12.2. The molecule has 1 rings (SSSR count). The van der Waals surface area contributed by atoms with Gasteiger partial charge in [-0.2, -0.15) is 0 Å². The third-order valence-electron chi connectivity index (χ3n) is 2.92. The van der Waals surface area contributed by atoms with Gasteiger partial charge in [0.1, 0.15) is 18.1 Å². The second kappa shape index (κ2) is 9.98. The lowest BCUT2D eigenvalue weighted by molar-refractivity contribution is -0.120. The van der Waals surface area contributed by atoms with E-state index in [0.717, 1.165) is 6.42 Å². The van der Waals surface area contributed by atoms with Crippen molar-refractivity contribution in [2.24, 2.45) is 22.2 Å². The molecule has 0 aromatic carbocycles. The van der Waals surface area contributed by atoms with E-state index in [1.807, 2.05) is 6.92 Å². The standard InChI is InChI=1S/C14H23N7O3/c1-2-6-24-11-7-10(19-8-20-11)13(23)21-9(12(15)22)4-3-5-18-14(16)17/h7-9H,2-6H2,1H3,(H2,15,22)(H,21,23)(H4,16,17,18). The highest BCUT2D eigenvalue weighted by molar-refractivity contribution is 5.95. The molecule has 0 saturated heterocycles. The molecule has 0 fully saturated rings. The summed E-state index contributed by atoms with van der Waals surface area (Å²) in [5.41, 5.74) is 15.8. The topological polar surface area (TPSA) is 172 Å². The Balaban J connectivity index is 2.64. The molecule has 0 radical (unpaired) electrons. The van der Waals surface area contributed by atoms with Gasteiger partial charge in [0.25, 0.3) is 5.91 Å². The average molecular weight is 337 g/mol. The van der Waals surface area contributed by atoms with Crippen molar-refractivity contribution < 1.29 is 14.3 Å². The summed E-state index contributed by atoms with van der Waals surface area (Å²) < 4.78 is 5.34. The number of hydrogen-bond donors (Lipinski definition) is 4. The van der Waals surface area contributed by atoms with E-state index in [9.17, 15) is 9.59 Å². The molecule has 0 aliphatic heterocycles. The summed E-state index contributed by atoms with van der Waals surface area (Å²) in [4.78, 5) is 35.2. The molecule has 1 aromatic heterocycles. The molecule has 0 bridgehead atoms. The summed E-state index contributed by atoms with van der Waals surface area (Å²) in [6, 6.07) is 0.560. The molecule has 1 atom stereocenters. The molecule has 1 unspecified atom stereocenters. The Morgan fingerprint density at radius 2 is 2.08 bits per heavy atom.